The average Bonchev–Trinajstić information content (AvgIpc) is 3.23. The largest absolute Gasteiger partial charge is 0.463 e. The van der Waals surface area contributed by atoms with Crippen LogP contribution >= 0.6 is 0 Å². The number of carbonyl (C=O) groups is 1. The summed E-state index contributed by atoms with van der Waals surface area (Å²) in [7, 11) is 1.45. The Morgan fingerprint density at radius 1 is 1.24 bits per heavy atom. The average molecular weight is 397 g/mol. The summed E-state index contributed by atoms with van der Waals surface area (Å²) < 4.78 is 34.2. The molecule has 0 fully saturated rings. The van der Waals surface area contributed by atoms with Crippen LogP contribution in [0.1, 0.15) is 27.2 Å². The molecule has 0 spiro atoms. The molecule has 7 nitrogen and oxygen atoms in total. The molecule has 0 aliphatic carbocycles. The van der Waals surface area contributed by atoms with Gasteiger partial charge < -0.3 is 26.2 Å². The van der Waals surface area contributed by atoms with Crippen LogP contribution in [0.3, 0.4) is 0 Å². The van der Waals surface area contributed by atoms with Gasteiger partial charge in [0.05, 0.1) is 11.8 Å². The molecule has 0 radical (unpaired) electrons. The van der Waals surface area contributed by atoms with Crippen molar-refractivity contribution < 1.29 is 18.0 Å². The molecule has 0 aliphatic rings. The topological polar surface area (TPSA) is 128 Å². The Hall–Kier alpha value is -4.01. The Labute approximate surface area is 164 Å². The van der Waals surface area contributed by atoms with E-state index in [1.807, 2.05) is 0 Å². The van der Waals surface area contributed by atoms with Crippen LogP contribution in [0.15, 0.2) is 47.1 Å². The molecule has 29 heavy (non-hydrogen) atoms. The smallest absolute Gasteiger partial charge is 0.261 e. The molecule has 0 saturated carbocycles. The summed E-state index contributed by atoms with van der Waals surface area (Å²) in [6, 6.07) is 8.46. The van der Waals surface area contributed by atoms with Crippen molar-refractivity contribution in [1.82, 2.24) is 0 Å². The number of furan rings is 1. The molecule has 2 aromatic carbocycles. The van der Waals surface area contributed by atoms with E-state index in [-0.39, 0.29) is 39.7 Å². The molecule has 0 atom stereocenters. The van der Waals surface area contributed by atoms with E-state index >= 15 is 0 Å². The fourth-order valence-corrected chi connectivity index (χ4v) is 2.79. The lowest BCUT2D eigenvalue weighted by atomic mass is 10.0. The molecule has 0 saturated heterocycles. The number of nitrogens with one attached hydrogen (secondary N) is 4. The van der Waals surface area contributed by atoms with Gasteiger partial charge in [-0.3, -0.25) is 10.2 Å². The number of anilines is 3. The third-order valence-corrected chi connectivity index (χ3v) is 4.24. The van der Waals surface area contributed by atoms with Gasteiger partial charge in [0.1, 0.15) is 22.9 Å². The maximum atomic E-state index is 14.6. The van der Waals surface area contributed by atoms with E-state index < -0.39 is 23.1 Å². The molecule has 6 N–H and O–H groups in total. The molecule has 9 heteroatoms. The standard InChI is InChI=1S/C20H17F2N5O2/c1-26-15-8-13(21)17(18(22)12(15)9-23)20(28)27-10-4-5-14(24)11(7-10)19(25)16-3-2-6-29-16/h2-9,23,25-26H,24H2,1H3,(H,27,28). The molecule has 1 amide bonds. The van der Waals surface area contributed by atoms with E-state index in [4.69, 9.17) is 21.0 Å². The summed E-state index contributed by atoms with van der Waals surface area (Å²) >= 11 is 0. The van der Waals surface area contributed by atoms with Crippen molar-refractivity contribution >= 4 is 34.9 Å². The number of rotatable bonds is 6. The summed E-state index contributed by atoms with van der Waals surface area (Å²) in [5.74, 6) is -2.99. The maximum Gasteiger partial charge on any atom is 0.261 e. The zero-order valence-electron chi connectivity index (χ0n) is 15.3. The number of amides is 1. The Morgan fingerprint density at radius 3 is 2.62 bits per heavy atom. The highest BCUT2D eigenvalue weighted by Crippen LogP contribution is 2.26. The minimum atomic E-state index is -1.15. The summed E-state index contributed by atoms with van der Waals surface area (Å²) in [6.07, 6.45) is 2.11. The molecular weight excluding hydrogens is 380 g/mol. The molecule has 3 aromatic rings. The van der Waals surface area contributed by atoms with Gasteiger partial charge in [-0.2, -0.15) is 0 Å². The number of nitrogen functional groups attached to an aromatic ring is 1. The lowest BCUT2D eigenvalue weighted by molar-refractivity contribution is 0.101. The predicted molar refractivity (Wildman–Crippen MR) is 107 cm³/mol. The summed E-state index contributed by atoms with van der Waals surface area (Å²) in [5, 5.41) is 20.5. The van der Waals surface area contributed by atoms with Crippen LogP contribution < -0.4 is 16.4 Å². The highest BCUT2D eigenvalue weighted by atomic mass is 19.1. The van der Waals surface area contributed by atoms with Gasteiger partial charge in [0.15, 0.2) is 5.76 Å². The van der Waals surface area contributed by atoms with E-state index in [2.05, 4.69) is 10.6 Å². The molecule has 1 aromatic heterocycles. The Morgan fingerprint density at radius 2 is 2.00 bits per heavy atom. The first kappa shape index (κ1) is 19.7. The molecular formula is C20H17F2N5O2. The first-order valence-corrected chi connectivity index (χ1v) is 8.41. The third kappa shape index (κ3) is 3.70. The number of benzene rings is 2. The minimum absolute atomic E-state index is 0.00887. The second kappa shape index (κ2) is 7.93. The number of carbonyl (C=O) groups excluding carboxylic acids is 1. The minimum Gasteiger partial charge on any atom is -0.463 e. The van der Waals surface area contributed by atoms with Crippen molar-refractivity contribution in [3.8, 4) is 0 Å². The number of hydrogen-bond donors (Lipinski definition) is 5. The first-order valence-electron chi connectivity index (χ1n) is 8.41. The molecule has 0 unspecified atom stereocenters. The van der Waals surface area contributed by atoms with Crippen molar-refractivity contribution in [1.29, 1.82) is 10.8 Å². The van der Waals surface area contributed by atoms with Gasteiger partial charge in [-0.1, -0.05) is 0 Å². The van der Waals surface area contributed by atoms with E-state index in [0.717, 1.165) is 6.07 Å². The molecule has 3 rings (SSSR count). The number of hydrogen-bond acceptors (Lipinski definition) is 6. The maximum absolute atomic E-state index is 14.6. The van der Waals surface area contributed by atoms with Crippen LogP contribution in [-0.4, -0.2) is 24.9 Å². The zero-order chi connectivity index (χ0) is 21.1. The first-order chi connectivity index (χ1) is 13.9. The highest BCUT2D eigenvalue weighted by Gasteiger charge is 2.23. The Balaban J connectivity index is 1.95. The van der Waals surface area contributed by atoms with Crippen LogP contribution in [-0.2, 0) is 0 Å². The Bertz CT molecular complexity index is 1110. The zero-order valence-corrected chi connectivity index (χ0v) is 15.3. The van der Waals surface area contributed by atoms with Crippen LogP contribution in [0.5, 0.6) is 0 Å². The lowest BCUT2D eigenvalue weighted by Gasteiger charge is -2.13. The second-order valence-electron chi connectivity index (χ2n) is 6.01. The summed E-state index contributed by atoms with van der Waals surface area (Å²) in [5.41, 5.74) is 5.63. The van der Waals surface area contributed by atoms with E-state index in [1.54, 1.807) is 12.1 Å². The molecule has 0 bridgehead atoms. The van der Waals surface area contributed by atoms with Gasteiger partial charge in [-0.25, -0.2) is 8.78 Å². The van der Waals surface area contributed by atoms with Crippen LogP contribution in [0.25, 0.3) is 0 Å². The normalized spacial score (nSPS) is 10.4. The lowest BCUT2D eigenvalue weighted by Crippen LogP contribution is -2.18. The van der Waals surface area contributed by atoms with Crippen LogP contribution in [0.4, 0.5) is 25.8 Å². The van der Waals surface area contributed by atoms with E-state index in [1.165, 1.54) is 31.5 Å². The van der Waals surface area contributed by atoms with Crippen molar-refractivity contribution in [3.63, 3.8) is 0 Å². The third-order valence-electron chi connectivity index (χ3n) is 4.24. The van der Waals surface area contributed by atoms with Gasteiger partial charge in [-0.05, 0) is 36.4 Å². The van der Waals surface area contributed by atoms with E-state index in [0.29, 0.717) is 6.21 Å². The van der Waals surface area contributed by atoms with Gasteiger partial charge in [0, 0.05) is 35.9 Å². The SMILES string of the molecule is CNc1cc(F)c(C(=O)Nc2ccc(N)c(C(=N)c3ccco3)c2)c(F)c1C=N. The summed E-state index contributed by atoms with van der Waals surface area (Å²) in [4.78, 5) is 12.5. The quantitative estimate of drug-likeness (QED) is 0.320. The molecule has 1 heterocycles. The monoisotopic (exact) mass is 397 g/mol. The van der Waals surface area contributed by atoms with Crippen molar-refractivity contribution in [2.24, 2.45) is 0 Å². The van der Waals surface area contributed by atoms with Crippen LogP contribution in [0.2, 0.25) is 0 Å². The number of halogens is 2. The fourth-order valence-electron chi connectivity index (χ4n) is 2.79. The van der Waals surface area contributed by atoms with Crippen molar-refractivity contribution in [3.05, 3.63) is 76.7 Å². The summed E-state index contributed by atoms with van der Waals surface area (Å²) in [6.45, 7) is 0. The van der Waals surface area contributed by atoms with Gasteiger partial charge in [-0.15, -0.1) is 0 Å². The highest BCUT2D eigenvalue weighted by molar-refractivity contribution is 6.13. The van der Waals surface area contributed by atoms with E-state index in [9.17, 15) is 13.6 Å². The van der Waals surface area contributed by atoms with Crippen LogP contribution in [0, 0.1) is 22.5 Å². The fraction of sp³-hybridized carbons (Fsp3) is 0.0500. The Kier molecular flexibility index (Phi) is 5.40. The van der Waals surface area contributed by atoms with Gasteiger partial charge >= 0.3 is 0 Å². The van der Waals surface area contributed by atoms with Crippen molar-refractivity contribution in [2.45, 2.75) is 0 Å². The number of nitrogens with two attached hydrogens (primary N) is 1. The van der Waals surface area contributed by atoms with Gasteiger partial charge in [0.2, 0.25) is 0 Å². The molecule has 148 valence electrons. The second-order valence-corrected chi connectivity index (χ2v) is 6.01. The van der Waals surface area contributed by atoms with Crippen molar-refractivity contribution in [2.75, 3.05) is 23.4 Å². The van der Waals surface area contributed by atoms with Gasteiger partial charge in [0.25, 0.3) is 5.91 Å². The molecule has 0 aliphatic heterocycles. The predicted octanol–water partition coefficient (Wildman–Crippen LogP) is 3.85.